The van der Waals surface area contributed by atoms with Crippen LogP contribution in [0, 0.1) is 12.3 Å². The SMILES string of the molecule is C#CCN1CCC(Br)C1=O. The number of hydrogen-bond acceptors (Lipinski definition) is 1. The molecule has 1 amide bonds. The molecule has 1 rings (SSSR count). The zero-order valence-corrected chi connectivity index (χ0v) is 7.10. The van der Waals surface area contributed by atoms with Crippen LogP contribution in [0.25, 0.3) is 0 Å². The fraction of sp³-hybridized carbons (Fsp3) is 0.571. The number of halogens is 1. The van der Waals surface area contributed by atoms with Crippen LogP contribution in [-0.2, 0) is 4.79 Å². The number of alkyl halides is 1. The van der Waals surface area contributed by atoms with E-state index in [1.807, 2.05) is 0 Å². The third kappa shape index (κ3) is 1.32. The van der Waals surface area contributed by atoms with Crippen molar-refractivity contribution in [1.29, 1.82) is 0 Å². The van der Waals surface area contributed by atoms with Crippen LogP contribution in [0.1, 0.15) is 6.42 Å². The number of carbonyl (C=O) groups is 1. The monoisotopic (exact) mass is 201 g/mol. The van der Waals surface area contributed by atoms with Gasteiger partial charge >= 0.3 is 0 Å². The topological polar surface area (TPSA) is 20.3 Å². The van der Waals surface area contributed by atoms with Crippen LogP contribution in [0.2, 0.25) is 0 Å². The van der Waals surface area contributed by atoms with E-state index >= 15 is 0 Å². The van der Waals surface area contributed by atoms with Gasteiger partial charge in [-0.05, 0) is 6.42 Å². The zero-order valence-electron chi connectivity index (χ0n) is 5.51. The maximum Gasteiger partial charge on any atom is 0.237 e. The van der Waals surface area contributed by atoms with Gasteiger partial charge < -0.3 is 4.90 Å². The molecule has 10 heavy (non-hydrogen) atoms. The third-order valence-corrected chi connectivity index (χ3v) is 2.36. The molecule has 0 aromatic carbocycles. The summed E-state index contributed by atoms with van der Waals surface area (Å²) in [6, 6.07) is 0. The first kappa shape index (κ1) is 7.62. The second-order valence-corrected chi connectivity index (χ2v) is 3.33. The van der Waals surface area contributed by atoms with Gasteiger partial charge in [0.25, 0.3) is 0 Å². The summed E-state index contributed by atoms with van der Waals surface area (Å²) in [6.07, 6.45) is 5.93. The minimum absolute atomic E-state index is 0.000787. The van der Waals surface area contributed by atoms with Crippen LogP contribution in [0.15, 0.2) is 0 Å². The molecule has 0 aromatic heterocycles. The van der Waals surface area contributed by atoms with Crippen molar-refractivity contribution >= 4 is 21.8 Å². The van der Waals surface area contributed by atoms with Crippen LogP contribution < -0.4 is 0 Å². The summed E-state index contributed by atoms with van der Waals surface area (Å²) in [5.74, 6) is 2.57. The van der Waals surface area contributed by atoms with Gasteiger partial charge in [0, 0.05) is 6.54 Å². The van der Waals surface area contributed by atoms with Crippen LogP contribution in [0.3, 0.4) is 0 Å². The quantitative estimate of drug-likeness (QED) is 0.450. The molecule has 1 aliphatic heterocycles. The molecule has 0 bridgehead atoms. The van der Waals surface area contributed by atoms with Crippen molar-refractivity contribution in [2.75, 3.05) is 13.1 Å². The molecule has 54 valence electrons. The maximum atomic E-state index is 11.1. The molecule has 0 aliphatic carbocycles. The Morgan fingerprint density at radius 1 is 1.90 bits per heavy atom. The Hall–Kier alpha value is -0.490. The smallest absolute Gasteiger partial charge is 0.237 e. The molecule has 1 unspecified atom stereocenters. The molecule has 2 nitrogen and oxygen atoms in total. The van der Waals surface area contributed by atoms with Gasteiger partial charge in [0.1, 0.15) is 0 Å². The summed E-state index contributed by atoms with van der Waals surface area (Å²) in [5.41, 5.74) is 0. The van der Waals surface area contributed by atoms with Gasteiger partial charge in [0.2, 0.25) is 5.91 Å². The Morgan fingerprint density at radius 3 is 3.00 bits per heavy atom. The van der Waals surface area contributed by atoms with Gasteiger partial charge in [-0.1, -0.05) is 21.9 Å². The van der Waals surface area contributed by atoms with Crippen molar-refractivity contribution in [2.24, 2.45) is 0 Å². The summed E-state index contributed by atoms with van der Waals surface area (Å²) in [7, 11) is 0. The Balaban J connectivity index is 2.51. The Kier molecular flexibility index (Phi) is 2.34. The van der Waals surface area contributed by atoms with Gasteiger partial charge in [-0.15, -0.1) is 6.42 Å². The van der Waals surface area contributed by atoms with Crippen LogP contribution in [0.5, 0.6) is 0 Å². The third-order valence-electron chi connectivity index (χ3n) is 1.51. The van der Waals surface area contributed by atoms with E-state index < -0.39 is 0 Å². The molecule has 0 spiro atoms. The molecule has 1 heterocycles. The van der Waals surface area contributed by atoms with Crippen LogP contribution in [0.4, 0.5) is 0 Å². The molecule has 1 aliphatic rings. The summed E-state index contributed by atoms with van der Waals surface area (Å²) < 4.78 is 0. The van der Waals surface area contributed by atoms with Crippen molar-refractivity contribution in [3.05, 3.63) is 0 Å². The minimum atomic E-state index is 0.000787. The van der Waals surface area contributed by atoms with E-state index in [0.717, 1.165) is 13.0 Å². The van der Waals surface area contributed by atoms with Gasteiger partial charge in [0.05, 0.1) is 11.4 Å². The van der Waals surface area contributed by atoms with Gasteiger partial charge in [-0.2, -0.15) is 0 Å². The highest BCUT2D eigenvalue weighted by atomic mass is 79.9. The Morgan fingerprint density at radius 2 is 2.60 bits per heavy atom. The number of rotatable bonds is 1. The number of amides is 1. The van der Waals surface area contributed by atoms with E-state index in [1.165, 1.54) is 0 Å². The molecule has 1 fully saturated rings. The highest BCUT2D eigenvalue weighted by Gasteiger charge is 2.28. The number of carbonyl (C=O) groups excluding carboxylic acids is 1. The number of hydrogen-bond donors (Lipinski definition) is 0. The number of nitrogens with zero attached hydrogens (tertiary/aromatic N) is 1. The fourth-order valence-electron chi connectivity index (χ4n) is 0.968. The molecule has 0 saturated carbocycles. The minimum Gasteiger partial charge on any atom is -0.331 e. The van der Waals surface area contributed by atoms with Crippen molar-refractivity contribution in [2.45, 2.75) is 11.2 Å². The standard InChI is InChI=1S/C7H8BrNO/c1-2-4-9-5-3-6(8)7(9)10/h1,6H,3-5H2. The van der Waals surface area contributed by atoms with Crippen molar-refractivity contribution in [1.82, 2.24) is 4.90 Å². The summed E-state index contributed by atoms with van der Waals surface area (Å²) >= 11 is 3.25. The molecule has 3 heteroatoms. The summed E-state index contributed by atoms with van der Waals surface area (Å²) in [6.45, 7) is 1.24. The van der Waals surface area contributed by atoms with Crippen LogP contribution in [-0.4, -0.2) is 28.7 Å². The van der Waals surface area contributed by atoms with Crippen LogP contribution >= 0.6 is 15.9 Å². The lowest BCUT2D eigenvalue weighted by atomic mass is 10.4. The lowest BCUT2D eigenvalue weighted by Crippen LogP contribution is -2.27. The van der Waals surface area contributed by atoms with E-state index in [-0.39, 0.29) is 10.7 Å². The first-order valence-electron chi connectivity index (χ1n) is 3.12. The zero-order chi connectivity index (χ0) is 7.56. The molecule has 1 atom stereocenters. The van der Waals surface area contributed by atoms with Crippen molar-refractivity contribution < 1.29 is 4.79 Å². The lowest BCUT2D eigenvalue weighted by molar-refractivity contribution is -0.126. The Bertz CT molecular complexity index is 185. The Labute approximate surface area is 68.7 Å². The van der Waals surface area contributed by atoms with Gasteiger partial charge in [-0.3, -0.25) is 4.79 Å². The van der Waals surface area contributed by atoms with Crippen molar-refractivity contribution in [3.63, 3.8) is 0 Å². The highest BCUT2D eigenvalue weighted by molar-refractivity contribution is 9.10. The average Bonchev–Trinajstić information content (AvgIpc) is 2.20. The molecular weight excluding hydrogens is 194 g/mol. The number of terminal acetylenes is 1. The van der Waals surface area contributed by atoms with E-state index in [9.17, 15) is 4.79 Å². The normalized spacial score (nSPS) is 25.0. The largest absolute Gasteiger partial charge is 0.331 e. The number of likely N-dealkylation sites (tertiary alicyclic amines) is 1. The van der Waals surface area contributed by atoms with E-state index in [0.29, 0.717) is 6.54 Å². The lowest BCUT2D eigenvalue weighted by Gasteiger charge is -2.10. The molecule has 0 aromatic rings. The van der Waals surface area contributed by atoms with E-state index in [2.05, 4.69) is 21.9 Å². The second kappa shape index (κ2) is 3.07. The predicted molar refractivity (Wildman–Crippen MR) is 42.7 cm³/mol. The molecule has 0 N–H and O–H groups in total. The highest BCUT2D eigenvalue weighted by Crippen LogP contribution is 2.17. The first-order valence-corrected chi connectivity index (χ1v) is 4.03. The van der Waals surface area contributed by atoms with E-state index in [1.54, 1.807) is 4.90 Å². The predicted octanol–water partition coefficient (Wildman–Crippen LogP) is 0.615. The summed E-state index contributed by atoms with van der Waals surface area (Å²) in [5, 5.41) is 0. The fourth-order valence-corrected chi connectivity index (χ4v) is 1.46. The molecule has 1 saturated heterocycles. The maximum absolute atomic E-state index is 11.1. The van der Waals surface area contributed by atoms with Gasteiger partial charge in [0.15, 0.2) is 0 Å². The van der Waals surface area contributed by atoms with Crippen molar-refractivity contribution in [3.8, 4) is 12.3 Å². The average molecular weight is 202 g/mol. The molecule has 0 radical (unpaired) electrons. The van der Waals surface area contributed by atoms with Gasteiger partial charge in [-0.25, -0.2) is 0 Å². The van der Waals surface area contributed by atoms with E-state index in [4.69, 9.17) is 6.42 Å². The first-order chi connectivity index (χ1) is 4.75. The summed E-state index contributed by atoms with van der Waals surface area (Å²) in [4.78, 5) is 12.8. The molecular formula is C7H8BrNO. The second-order valence-electron chi connectivity index (χ2n) is 2.22.